The second kappa shape index (κ2) is 6.66. The van der Waals surface area contributed by atoms with Crippen molar-refractivity contribution in [3.8, 4) is 0 Å². The van der Waals surface area contributed by atoms with Crippen molar-refractivity contribution in [1.29, 1.82) is 0 Å². The first kappa shape index (κ1) is 14.7. The Morgan fingerprint density at radius 3 is 2.65 bits per heavy atom. The third-order valence-corrected chi connectivity index (χ3v) is 3.89. The third-order valence-electron chi connectivity index (χ3n) is 3.89. The van der Waals surface area contributed by atoms with Gasteiger partial charge in [0.1, 0.15) is 12.2 Å². The van der Waals surface area contributed by atoms with E-state index < -0.39 is 0 Å². The number of nitrogens with one attached hydrogen (secondary N) is 1. The largest absolute Gasteiger partial charge is 0.316 e. The number of hydrogen-bond donors (Lipinski definition) is 1. The van der Waals surface area contributed by atoms with Crippen LogP contribution in [-0.2, 0) is 19.4 Å². The molecule has 0 saturated heterocycles. The molecule has 0 aliphatic rings. The lowest BCUT2D eigenvalue weighted by atomic mass is 9.99. The Bertz CT molecular complexity index is 559. The zero-order chi connectivity index (χ0) is 14.5. The molecular formula is C16H24N4. The number of nitrogens with zero attached hydrogens (tertiary/aromatic N) is 3. The van der Waals surface area contributed by atoms with Crippen molar-refractivity contribution in [3.05, 3.63) is 47.0 Å². The smallest absolute Gasteiger partial charge is 0.138 e. The predicted octanol–water partition coefficient (Wildman–Crippen LogP) is 2.29. The number of benzene rings is 1. The van der Waals surface area contributed by atoms with Gasteiger partial charge in [-0.15, -0.1) is 0 Å². The average molecular weight is 272 g/mol. The lowest BCUT2D eigenvalue weighted by Gasteiger charge is -2.16. The third kappa shape index (κ3) is 3.45. The van der Waals surface area contributed by atoms with Crippen LogP contribution in [0.5, 0.6) is 0 Å². The van der Waals surface area contributed by atoms with Gasteiger partial charge in [-0.3, -0.25) is 4.68 Å². The van der Waals surface area contributed by atoms with E-state index in [1.165, 1.54) is 16.7 Å². The Labute approximate surface area is 121 Å². The van der Waals surface area contributed by atoms with E-state index in [0.29, 0.717) is 6.04 Å². The summed E-state index contributed by atoms with van der Waals surface area (Å²) in [5.74, 6) is 1.05. The number of likely N-dealkylation sites (N-methyl/N-ethyl adjacent to an activating group) is 1. The van der Waals surface area contributed by atoms with Crippen molar-refractivity contribution in [2.45, 2.75) is 46.2 Å². The highest BCUT2D eigenvalue weighted by atomic mass is 15.3. The highest BCUT2D eigenvalue weighted by Gasteiger charge is 2.12. The van der Waals surface area contributed by atoms with E-state index >= 15 is 0 Å². The molecular weight excluding hydrogens is 248 g/mol. The van der Waals surface area contributed by atoms with Gasteiger partial charge in [0.25, 0.3) is 0 Å². The van der Waals surface area contributed by atoms with E-state index in [1.807, 2.05) is 11.7 Å². The maximum Gasteiger partial charge on any atom is 0.138 e. The molecule has 2 aromatic rings. The summed E-state index contributed by atoms with van der Waals surface area (Å²) in [5, 5.41) is 7.63. The van der Waals surface area contributed by atoms with Crippen molar-refractivity contribution in [2.75, 3.05) is 7.05 Å². The highest BCUT2D eigenvalue weighted by Crippen LogP contribution is 2.13. The number of aryl methyl sites for hydroxylation is 3. The van der Waals surface area contributed by atoms with E-state index in [0.717, 1.165) is 25.2 Å². The van der Waals surface area contributed by atoms with Gasteiger partial charge < -0.3 is 5.32 Å². The number of rotatable bonds is 6. The van der Waals surface area contributed by atoms with Crippen molar-refractivity contribution >= 4 is 0 Å². The summed E-state index contributed by atoms with van der Waals surface area (Å²) in [5.41, 5.74) is 4.07. The summed E-state index contributed by atoms with van der Waals surface area (Å²) in [6, 6.07) is 7.08. The summed E-state index contributed by atoms with van der Waals surface area (Å²) < 4.78 is 1.96. The van der Waals surface area contributed by atoms with Gasteiger partial charge in [0, 0.05) is 19.0 Å². The SMILES string of the molecule is CCn1ncnc1CC(Cc1ccc(C)c(C)c1)NC. The van der Waals surface area contributed by atoms with Gasteiger partial charge in [-0.05, 0) is 50.9 Å². The van der Waals surface area contributed by atoms with Crippen LogP contribution in [0.3, 0.4) is 0 Å². The minimum atomic E-state index is 0.381. The molecule has 2 rings (SSSR count). The van der Waals surface area contributed by atoms with Crippen LogP contribution in [0.1, 0.15) is 29.4 Å². The molecule has 1 unspecified atom stereocenters. The molecule has 0 aliphatic heterocycles. The fourth-order valence-corrected chi connectivity index (χ4v) is 2.42. The minimum Gasteiger partial charge on any atom is -0.316 e. The van der Waals surface area contributed by atoms with Gasteiger partial charge in [0.15, 0.2) is 0 Å². The summed E-state index contributed by atoms with van der Waals surface area (Å²) in [7, 11) is 2.01. The van der Waals surface area contributed by atoms with Gasteiger partial charge in [0.2, 0.25) is 0 Å². The Morgan fingerprint density at radius 2 is 2.00 bits per heavy atom. The monoisotopic (exact) mass is 272 g/mol. The molecule has 0 bridgehead atoms. The maximum absolute atomic E-state index is 4.36. The van der Waals surface area contributed by atoms with Crippen LogP contribution < -0.4 is 5.32 Å². The van der Waals surface area contributed by atoms with Gasteiger partial charge in [-0.25, -0.2) is 4.98 Å². The Hall–Kier alpha value is -1.68. The first-order valence-electron chi connectivity index (χ1n) is 7.24. The average Bonchev–Trinajstić information content (AvgIpc) is 2.89. The molecule has 1 atom stereocenters. The molecule has 4 heteroatoms. The van der Waals surface area contributed by atoms with E-state index in [-0.39, 0.29) is 0 Å². The second-order valence-corrected chi connectivity index (χ2v) is 5.30. The van der Waals surface area contributed by atoms with E-state index in [1.54, 1.807) is 6.33 Å². The summed E-state index contributed by atoms with van der Waals surface area (Å²) in [6.07, 6.45) is 3.55. The zero-order valence-electron chi connectivity index (χ0n) is 12.8. The van der Waals surface area contributed by atoms with Crippen LogP contribution in [0.4, 0.5) is 0 Å². The normalized spacial score (nSPS) is 12.6. The molecule has 0 spiro atoms. The fraction of sp³-hybridized carbons (Fsp3) is 0.500. The van der Waals surface area contributed by atoms with Crippen molar-refractivity contribution in [3.63, 3.8) is 0 Å². The minimum absolute atomic E-state index is 0.381. The topological polar surface area (TPSA) is 42.7 Å². The van der Waals surface area contributed by atoms with Crippen LogP contribution in [0.15, 0.2) is 24.5 Å². The molecule has 1 aromatic heterocycles. The molecule has 0 radical (unpaired) electrons. The van der Waals surface area contributed by atoms with E-state index in [4.69, 9.17) is 0 Å². The lowest BCUT2D eigenvalue weighted by molar-refractivity contribution is 0.513. The Balaban J connectivity index is 2.07. The first-order chi connectivity index (χ1) is 9.63. The van der Waals surface area contributed by atoms with Crippen LogP contribution in [0, 0.1) is 13.8 Å². The molecule has 0 saturated carbocycles. The van der Waals surface area contributed by atoms with Gasteiger partial charge in [-0.2, -0.15) is 5.10 Å². The summed E-state index contributed by atoms with van der Waals surface area (Å²) >= 11 is 0. The summed E-state index contributed by atoms with van der Waals surface area (Å²) in [4.78, 5) is 4.36. The maximum atomic E-state index is 4.36. The van der Waals surface area contributed by atoms with Crippen molar-refractivity contribution in [2.24, 2.45) is 0 Å². The number of hydrogen-bond acceptors (Lipinski definition) is 3. The predicted molar refractivity (Wildman–Crippen MR) is 81.9 cm³/mol. The molecule has 4 nitrogen and oxygen atoms in total. The standard InChI is InChI=1S/C16H24N4/c1-5-20-16(18-11-19-20)10-15(17-4)9-14-7-6-12(2)13(3)8-14/h6-8,11,15,17H,5,9-10H2,1-4H3. The second-order valence-electron chi connectivity index (χ2n) is 5.30. The molecule has 0 amide bonds. The van der Waals surface area contributed by atoms with E-state index in [9.17, 15) is 0 Å². The van der Waals surface area contributed by atoms with Gasteiger partial charge in [0.05, 0.1) is 0 Å². The fourth-order valence-electron chi connectivity index (χ4n) is 2.42. The van der Waals surface area contributed by atoms with Crippen molar-refractivity contribution < 1.29 is 0 Å². The lowest BCUT2D eigenvalue weighted by Crippen LogP contribution is -2.31. The van der Waals surface area contributed by atoms with Crippen LogP contribution in [0.25, 0.3) is 0 Å². The first-order valence-corrected chi connectivity index (χ1v) is 7.24. The van der Waals surface area contributed by atoms with Crippen LogP contribution >= 0.6 is 0 Å². The zero-order valence-corrected chi connectivity index (χ0v) is 12.8. The molecule has 1 heterocycles. The molecule has 0 aliphatic carbocycles. The van der Waals surface area contributed by atoms with E-state index in [2.05, 4.69) is 54.4 Å². The molecule has 20 heavy (non-hydrogen) atoms. The molecule has 108 valence electrons. The Kier molecular flexibility index (Phi) is 4.90. The van der Waals surface area contributed by atoms with Crippen LogP contribution in [-0.4, -0.2) is 27.9 Å². The molecule has 0 fully saturated rings. The molecule has 1 N–H and O–H groups in total. The van der Waals surface area contributed by atoms with Crippen molar-refractivity contribution in [1.82, 2.24) is 20.1 Å². The summed E-state index contributed by atoms with van der Waals surface area (Å²) in [6.45, 7) is 7.28. The number of aromatic nitrogens is 3. The Morgan fingerprint density at radius 1 is 1.20 bits per heavy atom. The van der Waals surface area contributed by atoms with Gasteiger partial charge >= 0.3 is 0 Å². The van der Waals surface area contributed by atoms with Gasteiger partial charge in [-0.1, -0.05) is 18.2 Å². The highest BCUT2D eigenvalue weighted by molar-refractivity contribution is 5.30. The quantitative estimate of drug-likeness (QED) is 0.877. The molecule has 1 aromatic carbocycles. The van der Waals surface area contributed by atoms with Crippen LogP contribution in [0.2, 0.25) is 0 Å².